The lowest BCUT2D eigenvalue weighted by Crippen LogP contribution is -2.19. The number of carboxylic acid groups (broad SMARTS) is 1. The summed E-state index contributed by atoms with van der Waals surface area (Å²) in [5, 5.41) is 12.1. The molecule has 0 spiro atoms. The van der Waals surface area contributed by atoms with E-state index in [9.17, 15) is 9.59 Å². The van der Waals surface area contributed by atoms with Gasteiger partial charge in [0.1, 0.15) is 12.2 Å². The van der Waals surface area contributed by atoms with E-state index < -0.39 is 5.97 Å². The van der Waals surface area contributed by atoms with Gasteiger partial charge in [0, 0.05) is 16.9 Å². The molecule has 0 aliphatic heterocycles. The van der Waals surface area contributed by atoms with Crippen LogP contribution in [0, 0.1) is 6.92 Å². The molecule has 1 aromatic heterocycles. The zero-order valence-electron chi connectivity index (χ0n) is 10.8. The summed E-state index contributed by atoms with van der Waals surface area (Å²) in [6, 6.07) is 8.34. The Hall–Kier alpha value is -2.27. The lowest BCUT2D eigenvalue weighted by Gasteiger charge is -2.10. The third-order valence-electron chi connectivity index (χ3n) is 2.80. The third kappa shape index (κ3) is 3.19. The molecule has 20 heavy (non-hydrogen) atoms. The van der Waals surface area contributed by atoms with Gasteiger partial charge in [-0.3, -0.25) is 9.59 Å². The van der Waals surface area contributed by atoms with Crippen molar-refractivity contribution in [1.29, 1.82) is 0 Å². The molecule has 2 aromatic rings. The minimum Gasteiger partial charge on any atom is -0.480 e. The van der Waals surface area contributed by atoms with Gasteiger partial charge in [0.25, 0.3) is 5.91 Å². The van der Waals surface area contributed by atoms with E-state index in [4.69, 9.17) is 16.7 Å². The SMILES string of the molecule is Cc1cc(Cl)ccc1NC(=O)c1cccn1CC(=O)O. The van der Waals surface area contributed by atoms with Gasteiger partial charge in [0.15, 0.2) is 0 Å². The van der Waals surface area contributed by atoms with Crippen molar-refractivity contribution in [1.82, 2.24) is 4.57 Å². The fourth-order valence-electron chi connectivity index (χ4n) is 1.86. The summed E-state index contributed by atoms with van der Waals surface area (Å²) in [6.45, 7) is 1.58. The predicted molar refractivity (Wildman–Crippen MR) is 76.2 cm³/mol. The minimum atomic E-state index is -1.00. The zero-order valence-corrected chi connectivity index (χ0v) is 11.5. The van der Waals surface area contributed by atoms with Crippen LogP contribution in [0.4, 0.5) is 5.69 Å². The van der Waals surface area contributed by atoms with E-state index in [2.05, 4.69) is 5.32 Å². The number of aromatic nitrogens is 1. The number of nitrogens with zero attached hydrogens (tertiary/aromatic N) is 1. The highest BCUT2D eigenvalue weighted by molar-refractivity contribution is 6.30. The largest absolute Gasteiger partial charge is 0.480 e. The van der Waals surface area contributed by atoms with Gasteiger partial charge >= 0.3 is 5.97 Å². The maximum atomic E-state index is 12.2. The van der Waals surface area contributed by atoms with Gasteiger partial charge in [0.2, 0.25) is 0 Å². The molecule has 1 heterocycles. The van der Waals surface area contributed by atoms with Gasteiger partial charge in [-0.05, 0) is 42.8 Å². The van der Waals surface area contributed by atoms with E-state index in [1.54, 1.807) is 36.5 Å². The average Bonchev–Trinajstić information content (AvgIpc) is 2.80. The Morgan fingerprint density at radius 3 is 2.75 bits per heavy atom. The first-order valence-corrected chi connectivity index (χ1v) is 6.29. The second-order valence-corrected chi connectivity index (χ2v) is 4.76. The average molecular weight is 293 g/mol. The number of amides is 1. The summed E-state index contributed by atoms with van der Waals surface area (Å²) in [5.74, 6) is -1.36. The standard InChI is InChI=1S/C14H13ClN2O3/c1-9-7-10(15)4-5-11(9)16-14(20)12-3-2-6-17(12)8-13(18)19/h2-7H,8H2,1H3,(H,16,20)(H,18,19). The molecule has 5 nitrogen and oxygen atoms in total. The minimum absolute atomic E-state index is 0.255. The van der Waals surface area contributed by atoms with Crippen molar-refractivity contribution in [2.24, 2.45) is 0 Å². The number of halogens is 1. The van der Waals surface area contributed by atoms with Gasteiger partial charge in [-0.15, -0.1) is 0 Å². The van der Waals surface area contributed by atoms with Crippen LogP contribution in [0.1, 0.15) is 16.1 Å². The molecule has 0 saturated carbocycles. The van der Waals surface area contributed by atoms with Crippen LogP contribution in [-0.4, -0.2) is 21.6 Å². The van der Waals surface area contributed by atoms with Crippen LogP contribution in [0.5, 0.6) is 0 Å². The molecule has 2 rings (SSSR count). The number of benzene rings is 1. The molecule has 0 saturated heterocycles. The molecule has 1 aromatic carbocycles. The molecule has 6 heteroatoms. The van der Waals surface area contributed by atoms with Crippen molar-refractivity contribution >= 4 is 29.2 Å². The Balaban J connectivity index is 2.20. The van der Waals surface area contributed by atoms with Gasteiger partial charge in [-0.2, -0.15) is 0 Å². The first-order chi connectivity index (χ1) is 9.47. The summed E-state index contributed by atoms with van der Waals surface area (Å²) in [6.07, 6.45) is 1.55. The summed E-state index contributed by atoms with van der Waals surface area (Å²) in [7, 11) is 0. The number of aryl methyl sites for hydroxylation is 1. The Bertz CT molecular complexity index is 664. The molecular formula is C14H13ClN2O3. The van der Waals surface area contributed by atoms with Crippen LogP contribution in [0.25, 0.3) is 0 Å². The van der Waals surface area contributed by atoms with Crippen LogP contribution in [-0.2, 0) is 11.3 Å². The lowest BCUT2D eigenvalue weighted by atomic mass is 10.2. The molecule has 0 aliphatic carbocycles. The van der Waals surface area contributed by atoms with E-state index in [-0.39, 0.29) is 12.5 Å². The van der Waals surface area contributed by atoms with Gasteiger partial charge in [-0.25, -0.2) is 0 Å². The fraction of sp³-hybridized carbons (Fsp3) is 0.143. The third-order valence-corrected chi connectivity index (χ3v) is 3.04. The number of carboxylic acids is 1. The number of carbonyl (C=O) groups excluding carboxylic acids is 1. The van der Waals surface area contributed by atoms with Gasteiger partial charge in [-0.1, -0.05) is 11.6 Å². The van der Waals surface area contributed by atoms with Crippen LogP contribution in [0.2, 0.25) is 5.02 Å². The van der Waals surface area contributed by atoms with Crippen LogP contribution in [0.3, 0.4) is 0 Å². The first-order valence-electron chi connectivity index (χ1n) is 5.92. The maximum Gasteiger partial charge on any atom is 0.323 e. The topological polar surface area (TPSA) is 71.3 Å². The Morgan fingerprint density at radius 1 is 1.35 bits per heavy atom. The monoisotopic (exact) mass is 292 g/mol. The highest BCUT2D eigenvalue weighted by Crippen LogP contribution is 2.20. The summed E-state index contributed by atoms with van der Waals surface area (Å²) < 4.78 is 1.38. The highest BCUT2D eigenvalue weighted by Gasteiger charge is 2.13. The van der Waals surface area contributed by atoms with E-state index in [0.29, 0.717) is 16.4 Å². The van der Waals surface area contributed by atoms with Gasteiger partial charge < -0.3 is 15.0 Å². The zero-order chi connectivity index (χ0) is 14.7. The second kappa shape index (κ2) is 5.79. The second-order valence-electron chi connectivity index (χ2n) is 4.33. The molecule has 0 unspecified atom stereocenters. The number of hydrogen-bond acceptors (Lipinski definition) is 2. The smallest absolute Gasteiger partial charge is 0.323 e. The molecule has 2 N–H and O–H groups in total. The van der Waals surface area contributed by atoms with Crippen LogP contribution in [0.15, 0.2) is 36.5 Å². The number of anilines is 1. The van der Waals surface area contributed by atoms with Crippen molar-refractivity contribution in [2.45, 2.75) is 13.5 Å². The van der Waals surface area contributed by atoms with Crippen molar-refractivity contribution in [3.8, 4) is 0 Å². The van der Waals surface area contributed by atoms with Crippen molar-refractivity contribution < 1.29 is 14.7 Å². The highest BCUT2D eigenvalue weighted by atomic mass is 35.5. The quantitative estimate of drug-likeness (QED) is 0.910. The molecule has 0 fully saturated rings. The first kappa shape index (κ1) is 14.1. The van der Waals surface area contributed by atoms with Crippen molar-refractivity contribution in [3.05, 3.63) is 52.8 Å². The molecule has 0 atom stereocenters. The lowest BCUT2D eigenvalue weighted by molar-refractivity contribution is -0.137. The summed E-state index contributed by atoms with van der Waals surface area (Å²) in [4.78, 5) is 22.9. The van der Waals surface area contributed by atoms with E-state index in [1.807, 2.05) is 6.92 Å². The van der Waals surface area contributed by atoms with E-state index in [0.717, 1.165) is 5.56 Å². The normalized spacial score (nSPS) is 10.3. The molecule has 1 amide bonds. The number of nitrogens with one attached hydrogen (secondary N) is 1. The summed E-state index contributed by atoms with van der Waals surface area (Å²) >= 11 is 5.85. The molecule has 0 radical (unpaired) electrons. The van der Waals surface area contributed by atoms with Crippen LogP contribution >= 0.6 is 11.6 Å². The number of hydrogen-bond donors (Lipinski definition) is 2. The maximum absolute atomic E-state index is 12.2. The van der Waals surface area contributed by atoms with Crippen LogP contribution < -0.4 is 5.32 Å². The molecule has 0 bridgehead atoms. The van der Waals surface area contributed by atoms with Gasteiger partial charge in [0.05, 0.1) is 0 Å². The van der Waals surface area contributed by atoms with E-state index in [1.165, 1.54) is 4.57 Å². The van der Waals surface area contributed by atoms with Crippen molar-refractivity contribution in [2.75, 3.05) is 5.32 Å². The Morgan fingerprint density at radius 2 is 2.10 bits per heavy atom. The Labute approximate surface area is 120 Å². The Kier molecular flexibility index (Phi) is 4.10. The fourth-order valence-corrected chi connectivity index (χ4v) is 2.08. The molecule has 0 aliphatic rings. The molecular weight excluding hydrogens is 280 g/mol. The number of aliphatic carboxylic acids is 1. The van der Waals surface area contributed by atoms with Crippen molar-refractivity contribution in [3.63, 3.8) is 0 Å². The van der Waals surface area contributed by atoms with E-state index >= 15 is 0 Å². The number of rotatable bonds is 4. The molecule has 104 valence electrons. The summed E-state index contributed by atoms with van der Waals surface area (Å²) in [5.41, 5.74) is 1.77. The predicted octanol–water partition coefficient (Wildman–Crippen LogP) is 2.79. The number of carbonyl (C=O) groups is 2.